The third kappa shape index (κ3) is 18.2. The van der Waals surface area contributed by atoms with Gasteiger partial charge in [-0.05, 0) is 110 Å². The molecule has 47 heavy (non-hydrogen) atoms. The number of nitrogens with zero attached hydrogens (tertiary/aromatic N) is 2. The molecule has 0 radical (unpaired) electrons. The van der Waals surface area contributed by atoms with Crippen LogP contribution in [0, 0.1) is 6.92 Å². The lowest BCUT2D eigenvalue weighted by Gasteiger charge is -2.29. The topological polar surface area (TPSA) is 34.1 Å². The van der Waals surface area contributed by atoms with Crippen LogP contribution in [-0.2, 0) is 30.4 Å². The summed E-state index contributed by atoms with van der Waals surface area (Å²) in [5, 5.41) is 0. The van der Waals surface area contributed by atoms with Gasteiger partial charge in [0.1, 0.15) is 11.9 Å². The van der Waals surface area contributed by atoms with Gasteiger partial charge in [-0.25, -0.2) is 0 Å². The van der Waals surface area contributed by atoms with Crippen molar-refractivity contribution in [3.8, 4) is 5.75 Å². The van der Waals surface area contributed by atoms with E-state index in [-0.39, 0.29) is 1.43 Å². The lowest BCUT2D eigenvalue weighted by molar-refractivity contribution is 0.114. The van der Waals surface area contributed by atoms with Gasteiger partial charge in [0.05, 0.1) is 0 Å². The van der Waals surface area contributed by atoms with Crippen LogP contribution in [-0.4, -0.2) is 58.1 Å². The molecule has 0 amide bonds. The number of piperidine rings is 1. The molecule has 0 spiro atoms. The molecule has 2 fully saturated rings. The van der Waals surface area contributed by atoms with Gasteiger partial charge in [0.15, 0.2) is 0 Å². The van der Waals surface area contributed by atoms with E-state index in [4.69, 9.17) is 4.74 Å². The van der Waals surface area contributed by atoms with Gasteiger partial charge in [-0.1, -0.05) is 112 Å². The van der Waals surface area contributed by atoms with Crippen molar-refractivity contribution in [2.75, 3.05) is 41.4 Å². The first kappa shape index (κ1) is 44.8. The van der Waals surface area contributed by atoms with Crippen LogP contribution in [0.2, 0.25) is 0 Å². The molecule has 4 nitrogen and oxygen atoms in total. The fourth-order valence-electron chi connectivity index (χ4n) is 6.26. The molecule has 1 aliphatic heterocycles. The van der Waals surface area contributed by atoms with Crippen LogP contribution in [0.15, 0.2) is 35.3 Å². The lowest BCUT2D eigenvalue weighted by Crippen LogP contribution is -2.35. The summed E-state index contributed by atoms with van der Waals surface area (Å²) in [6, 6.07) is 11.3. The largest absolute Gasteiger partial charge is 0.490 e. The van der Waals surface area contributed by atoms with Crippen LogP contribution >= 0.6 is 0 Å². The maximum absolute atomic E-state index is 6.12. The summed E-state index contributed by atoms with van der Waals surface area (Å²) in [4.78, 5) is 6.81. The zero-order valence-electron chi connectivity index (χ0n) is 33.2. The van der Waals surface area contributed by atoms with Crippen LogP contribution in [0.4, 0.5) is 0 Å². The molecule has 2 aromatic rings. The molecule has 1 aliphatic carbocycles. The van der Waals surface area contributed by atoms with Crippen molar-refractivity contribution in [1.82, 2.24) is 4.90 Å². The lowest BCUT2D eigenvalue weighted by atomic mass is 9.92. The standard InChI is InChI=1S/C16H25NO.C16H25N.C7H14.C2H6O.C2H6.H2/c1-4-13-6-7-16(12-14(13)5-2)18-15-8-10-17(3)11-9-15;1-6-9-14-11-15(16(8-3)17-5)13(7-2)10-12(14)4;1-2-4-6-7-5-3-1;1-3-2;1-2;/h6-7,12,15H,4-5,8-11H2,1-3H3;10-11H,6-9H2,1-5H3;1-7H2;1-2H3;1-2H3;1H. The van der Waals surface area contributed by atoms with E-state index in [1.54, 1.807) is 14.2 Å². The summed E-state index contributed by atoms with van der Waals surface area (Å²) in [6.45, 7) is 19.6. The maximum atomic E-state index is 6.12. The molecule has 0 N–H and O–H groups in total. The molecule has 1 heterocycles. The number of benzene rings is 2. The van der Waals surface area contributed by atoms with Gasteiger partial charge in [0.25, 0.3) is 0 Å². The minimum absolute atomic E-state index is 0. The number of hydrogen-bond donors (Lipinski definition) is 0. The molecule has 4 rings (SSSR count). The highest BCUT2D eigenvalue weighted by atomic mass is 16.5. The first-order valence-electron chi connectivity index (χ1n) is 19.3. The average molecular weight is 655 g/mol. The molecular formula is C43H78N2O2. The Bertz CT molecular complexity index is 1060. The van der Waals surface area contributed by atoms with E-state index in [9.17, 15) is 0 Å². The van der Waals surface area contributed by atoms with Gasteiger partial charge in [0.2, 0.25) is 0 Å². The molecule has 2 aromatic carbocycles. The first-order valence-corrected chi connectivity index (χ1v) is 19.3. The smallest absolute Gasteiger partial charge is 0.120 e. The summed E-state index contributed by atoms with van der Waals surface area (Å²) in [7, 11) is 7.33. The van der Waals surface area contributed by atoms with Gasteiger partial charge in [-0.2, -0.15) is 0 Å². The average Bonchev–Trinajstić information content (AvgIpc) is 3.43. The summed E-state index contributed by atoms with van der Waals surface area (Å²) >= 11 is 0. The zero-order valence-corrected chi connectivity index (χ0v) is 33.2. The molecule has 2 aliphatic rings. The van der Waals surface area contributed by atoms with Crippen LogP contribution < -0.4 is 4.74 Å². The molecular weight excluding hydrogens is 576 g/mol. The van der Waals surface area contributed by atoms with Crippen molar-refractivity contribution >= 4 is 5.71 Å². The summed E-state index contributed by atoms with van der Waals surface area (Å²) in [5.41, 5.74) is 9.83. The highest BCUT2D eigenvalue weighted by Crippen LogP contribution is 2.23. The minimum atomic E-state index is 0. The number of hydrogen-bond acceptors (Lipinski definition) is 4. The zero-order chi connectivity index (χ0) is 35.5. The second-order valence-corrected chi connectivity index (χ2v) is 12.7. The van der Waals surface area contributed by atoms with E-state index >= 15 is 0 Å². The normalized spacial score (nSPS) is 15.3. The Morgan fingerprint density at radius 2 is 1.28 bits per heavy atom. The third-order valence-corrected chi connectivity index (χ3v) is 9.04. The Labute approximate surface area is 294 Å². The van der Waals surface area contributed by atoms with Gasteiger partial charge >= 0.3 is 0 Å². The third-order valence-electron chi connectivity index (χ3n) is 9.04. The first-order chi connectivity index (χ1) is 22.8. The molecule has 0 bridgehead atoms. The molecule has 0 aromatic heterocycles. The van der Waals surface area contributed by atoms with Crippen LogP contribution in [0.5, 0.6) is 5.75 Å². The van der Waals surface area contributed by atoms with E-state index in [0.717, 1.165) is 57.4 Å². The highest BCUT2D eigenvalue weighted by Gasteiger charge is 2.18. The molecule has 1 saturated heterocycles. The number of aryl methyl sites for hydroxylation is 5. The van der Waals surface area contributed by atoms with Gasteiger partial charge in [0, 0.05) is 41.5 Å². The van der Waals surface area contributed by atoms with Crippen molar-refractivity contribution in [1.29, 1.82) is 0 Å². The van der Waals surface area contributed by atoms with Crippen molar-refractivity contribution in [2.45, 2.75) is 158 Å². The van der Waals surface area contributed by atoms with Crippen molar-refractivity contribution < 1.29 is 10.9 Å². The van der Waals surface area contributed by atoms with Crippen LogP contribution in [0.3, 0.4) is 0 Å². The molecule has 272 valence electrons. The van der Waals surface area contributed by atoms with Crippen LogP contribution in [0.25, 0.3) is 0 Å². The van der Waals surface area contributed by atoms with Crippen LogP contribution in [0.1, 0.15) is 154 Å². The van der Waals surface area contributed by atoms with E-state index in [1.165, 1.54) is 96.9 Å². The second-order valence-electron chi connectivity index (χ2n) is 12.7. The van der Waals surface area contributed by atoms with Crippen molar-refractivity contribution in [2.24, 2.45) is 4.99 Å². The second kappa shape index (κ2) is 28.8. The summed E-state index contributed by atoms with van der Waals surface area (Å²) in [6.07, 6.45) is 19.9. The van der Waals surface area contributed by atoms with Gasteiger partial charge < -0.3 is 14.4 Å². The minimum Gasteiger partial charge on any atom is -0.490 e. The van der Waals surface area contributed by atoms with E-state index in [1.807, 2.05) is 20.9 Å². The van der Waals surface area contributed by atoms with Gasteiger partial charge in [-0.3, -0.25) is 4.99 Å². The molecule has 1 saturated carbocycles. The molecule has 0 atom stereocenters. The summed E-state index contributed by atoms with van der Waals surface area (Å²) in [5.74, 6) is 1.05. The predicted octanol–water partition coefficient (Wildman–Crippen LogP) is 11.9. The Hall–Kier alpha value is -2.17. The fourth-order valence-corrected chi connectivity index (χ4v) is 6.26. The Kier molecular flexibility index (Phi) is 27.5. The maximum Gasteiger partial charge on any atom is 0.120 e. The Morgan fingerprint density at radius 3 is 1.70 bits per heavy atom. The van der Waals surface area contributed by atoms with E-state index < -0.39 is 0 Å². The summed E-state index contributed by atoms with van der Waals surface area (Å²) < 4.78 is 10.4. The number of rotatable bonds is 9. The highest BCUT2D eigenvalue weighted by molar-refractivity contribution is 6.01. The monoisotopic (exact) mass is 655 g/mol. The SMILES string of the molecule is C1CCCCCC1.CC.CCCc1cc(C(CC)=NC)c(CC)cc1C.CCc1ccc(OC2CCN(C)CC2)cc1CC.COC.[HH]. The molecule has 4 heteroatoms. The van der Waals surface area contributed by atoms with Crippen molar-refractivity contribution in [3.05, 3.63) is 63.7 Å². The van der Waals surface area contributed by atoms with E-state index in [0.29, 0.717) is 6.10 Å². The fraction of sp³-hybridized carbons (Fsp3) is 0.698. The Morgan fingerprint density at radius 1 is 0.766 bits per heavy atom. The number of methoxy groups -OCH3 is 1. The number of ether oxygens (including phenoxy) is 2. The quantitative estimate of drug-likeness (QED) is 0.199. The Balaban J connectivity index is 0. The molecule has 0 unspecified atom stereocenters. The van der Waals surface area contributed by atoms with E-state index in [2.05, 4.69) is 93.6 Å². The predicted molar refractivity (Wildman–Crippen MR) is 212 cm³/mol. The van der Waals surface area contributed by atoms with Gasteiger partial charge in [-0.15, -0.1) is 0 Å². The van der Waals surface area contributed by atoms with Crippen molar-refractivity contribution in [3.63, 3.8) is 0 Å². The number of likely N-dealkylation sites (tertiary alicyclic amines) is 1. The number of aliphatic imine (C=N–C) groups is 1.